The Labute approximate surface area is 152 Å². The zero-order valence-corrected chi connectivity index (χ0v) is 15.7. The Balaban J connectivity index is 1.82. The van der Waals surface area contributed by atoms with Crippen LogP contribution >= 0.6 is 0 Å². The van der Waals surface area contributed by atoms with E-state index in [1.807, 2.05) is 6.92 Å². The van der Waals surface area contributed by atoms with Crippen LogP contribution in [-0.4, -0.2) is 46.8 Å². The number of hydrogen-bond acceptors (Lipinski definition) is 5. The molecular weight excluding hydrogens is 376 g/mol. The largest absolute Gasteiger partial charge is 0.308 e. The molecule has 0 bridgehead atoms. The lowest BCUT2D eigenvalue weighted by Crippen LogP contribution is -2.35. The van der Waals surface area contributed by atoms with Gasteiger partial charge in [0.1, 0.15) is 0 Å². The molecular formula is C17H18N2O5S2. The van der Waals surface area contributed by atoms with E-state index in [2.05, 4.69) is 4.72 Å². The molecule has 1 atom stereocenters. The Morgan fingerprint density at radius 2 is 2.00 bits per heavy atom. The Morgan fingerprint density at radius 1 is 1.23 bits per heavy atom. The third-order valence-electron chi connectivity index (χ3n) is 4.90. The van der Waals surface area contributed by atoms with Gasteiger partial charge in [0.25, 0.3) is 5.91 Å². The second-order valence-corrected chi connectivity index (χ2v) is 10.5. The number of benzene rings is 2. The highest BCUT2D eigenvalue weighted by atomic mass is 32.2. The van der Waals surface area contributed by atoms with Crippen LogP contribution in [0.25, 0.3) is 10.8 Å². The lowest BCUT2D eigenvalue weighted by molar-refractivity contribution is 0.0994. The standard InChI is InChI=1S/C17H18N2O5S2/c1-2-19-14-6-7-15(12-4-3-5-13(16(12)14)17(19)20)26(23,24)18-11-8-9-25(21,22)10-11/h3-7,11,18H,2,8-10H2,1H3/t11-/m1/s1. The van der Waals surface area contributed by atoms with Crippen LogP contribution < -0.4 is 9.62 Å². The quantitative estimate of drug-likeness (QED) is 0.842. The number of amides is 1. The highest BCUT2D eigenvalue weighted by Crippen LogP contribution is 2.40. The first-order valence-electron chi connectivity index (χ1n) is 8.34. The van der Waals surface area contributed by atoms with E-state index < -0.39 is 25.9 Å². The average molecular weight is 394 g/mol. The van der Waals surface area contributed by atoms with E-state index >= 15 is 0 Å². The molecule has 0 spiro atoms. The number of nitrogens with zero attached hydrogens (tertiary/aromatic N) is 1. The maximum atomic E-state index is 12.9. The summed E-state index contributed by atoms with van der Waals surface area (Å²) < 4.78 is 51.5. The molecule has 1 amide bonds. The summed E-state index contributed by atoms with van der Waals surface area (Å²) in [5, 5.41) is 1.10. The molecule has 0 unspecified atom stereocenters. The number of rotatable bonds is 4. The molecule has 2 aliphatic rings. The Hall–Kier alpha value is -1.97. The summed E-state index contributed by atoms with van der Waals surface area (Å²) in [4.78, 5) is 14.2. The molecule has 0 aromatic heterocycles. The number of anilines is 1. The maximum Gasteiger partial charge on any atom is 0.258 e. The second kappa shape index (κ2) is 5.77. The van der Waals surface area contributed by atoms with Crippen molar-refractivity contribution in [3.8, 4) is 0 Å². The zero-order valence-electron chi connectivity index (χ0n) is 14.1. The van der Waals surface area contributed by atoms with Crippen molar-refractivity contribution in [2.24, 2.45) is 0 Å². The van der Waals surface area contributed by atoms with Crippen molar-refractivity contribution < 1.29 is 21.6 Å². The minimum absolute atomic E-state index is 0.00994. The van der Waals surface area contributed by atoms with Crippen LogP contribution in [0.2, 0.25) is 0 Å². The summed E-state index contributed by atoms with van der Waals surface area (Å²) in [6.07, 6.45) is 0.269. The molecule has 26 heavy (non-hydrogen) atoms. The van der Waals surface area contributed by atoms with Crippen molar-refractivity contribution in [2.45, 2.75) is 24.3 Å². The van der Waals surface area contributed by atoms with E-state index in [9.17, 15) is 21.6 Å². The predicted molar refractivity (Wildman–Crippen MR) is 98.7 cm³/mol. The summed E-state index contributed by atoms with van der Waals surface area (Å²) >= 11 is 0. The molecule has 0 saturated carbocycles. The summed E-state index contributed by atoms with van der Waals surface area (Å²) in [6.45, 7) is 2.36. The summed E-state index contributed by atoms with van der Waals surface area (Å²) in [5.41, 5.74) is 1.19. The number of nitrogens with one attached hydrogen (secondary N) is 1. The van der Waals surface area contributed by atoms with Crippen LogP contribution in [0.15, 0.2) is 35.2 Å². The lowest BCUT2D eigenvalue weighted by Gasteiger charge is -2.16. The maximum absolute atomic E-state index is 12.9. The molecule has 1 N–H and O–H groups in total. The normalized spacial score (nSPS) is 21.7. The number of hydrogen-bond donors (Lipinski definition) is 1. The molecule has 2 aromatic rings. The van der Waals surface area contributed by atoms with Crippen molar-refractivity contribution in [3.05, 3.63) is 35.9 Å². The van der Waals surface area contributed by atoms with Crippen LogP contribution in [0.5, 0.6) is 0 Å². The van der Waals surface area contributed by atoms with Crippen LogP contribution in [-0.2, 0) is 19.9 Å². The average Bonchev–Trinajstić information content (AvgIpc) is 3.05. The number of carbonyl (C=O) groups is 1. The first-order chi connectivity index (χ1) is 12.2. The smallest absolute Gasteiger partial charge is 0.258 e. The zero-order chi connectivity index (χ0) is 18.7. The topological polar surface area (TPSA) is 101 Å². The van der Waals surface area contributed by atoms with Gasteiger partial charge in [0.05, 0.1) is 22.1 Å². The monoisotopic (exact) mass is 394 g/mol. The first kappa shape index (κ1) is 17.4. The molecule has 4 rings (SSSR count). The molecule has 2 aliphatic heterocycles. The molecule has 138 valence electrons. The van der Waals surface area contributed by atoms with E-state index in [0.29, 0.717) is 28.6 Å². The van der Waals surface area contributed by atoms with E-state index in [1.54, 1.807) is 29.2 Å². The number of sulfone groups is 1. The van der Waals surface area contributed by atoms with Crippen LogP contribution in [0.1, 0.15) is 23.7 Å². The van der Waals surface area contributed by atoms with Gasteiger partial charge in [0.2, 0.25) is 10.0 Å². The van der Waals surface area contributed by atoms with Crippen molar-refractivity contribution in [2.75, 3.05) is 23.0 Å². The molecule has 1 fully saturated rings. The van der Waals surface area contributed by atoms with Crippen molar-refractivity contribution in [1.29, 1.82) is 0 Å². The fourth-order valence-electron chi connectivity index (χ4n) is 3.74. The fourth-order valence-corrected chi connectivity index (χ4v) is 6.99. The van der Waals surface area contributed by atoms with E-state index in [4.69, 9.17) is 0 Å². The van der Waals surface area contributed by atoms with Gasteiger partial charge >= 0.3 is 0 Å². The highest BCUT2D eigenvalue weighted by Gasteiger charge is 2.34. The van der Waals surface area contributed by atoms with Crippen molar-refractivity contribution in [3.63, 3.8) is 0 Å². The van der Waals surface area contributed by atoms with Gasteiger partial charge in [0.15, 0.2) is 9.84 Å². The minimum Gasteiger partial charge on any atom is -0.308 e. The Bertz CT molecular complexity index is 1140. The van der Waals surface area contributed by atoms with Gasteiger partial charge in [0, 0.05) is 28.9 Å². The van der Waals surface area contributed by atoms with E-state index in [-0.39, 0.29) is 28.7 Å². The van der Waals surface area contributed by atoms with Crippen LogP contribution in [0.4, 0.5) is 5.69 Å². The molecule has 0 radical (unpaired) electrons. The Morgan fingerprint density at radius 3 is 2.65 bits per heavy atom. The van der Waals surface area contributed by atoms with Crippen molar-refractivity contribution in [1.82, 2.24) is 4.72 Å². The van der Waals surface area contributed by atoms with Gasteiger partial charge in [-0.05, 0) is 31.5 Å². The molecule has 7 nitrogen and oxygen atoms in total. The molecule has 2 heterocycles. The van der Waals surface area contributed by atoms with Gasteiger partial charge < -0.3 is 4.90 Å². The van der Waals surface area contributed by atoms with Gasteiger partial charge in [-0.25, -0.2) is 21.6 Å². The summed E-state index contributed by atoms with van der Waals surface area (Å²) in [6, 6.07) is 7.53. The van der Waals surface area contributed by atoms with Gasteiger partial charge in [-0.2, -0.15) is 0 Å². The number of carbonyl (C=O) groups excluding carboxylic acids is 1. The van der Waals surface area contributed by atoms with E-state index in [0.717, 1.165) is 0 Å². The van der Waals surface area contributed by atoms with Gasteiger partial charge in [-0.3, -0.25) is 4.79 Å². The van der Waals surface area contributed by atoms with Gasteiger partial charge in [-0.1, -0.05) is 12.1 Å². The number of sulfonamides is 1. The second-order valence-electron chi connectivity index (χ2n) is 6.58. The fraction of sp³-hybridized carbons (Fsp3) is 0.353. The minimum atomic E-state index is -3.91. The third kappa shape index (κ3) is 2.62. The third-order valence-corrected chi connectivity index (χ3v) is 8.25. The first-order valence-corrected chi connectivity index (χ1v) is 11.6. The molecule has 2 aromatic carbocycles. The predicted octanol–water partition coefficient (Wildman–Crippen LogP) is 1.29. The van der Waals surface area contributed by atoms with E-state index in [1.165, 1.54) is 6.07 Å². The van der Waals surface area contributed by atoms with Crippen LogP contribution in [0.3, 0.4) is 0 Å². The molecule has 0 aliphatic carbocycles. The molecule has 9 heteroatoms. The van der Waals surface area contributed by atoms with Crippen LogP contribution in [0, 0.1) is 0 Å². The van der Waals surface area contributed by atoms with Gasteiger partial charge in [-0.15, -0.1) is 0 Å². The molecule has 1 saturated heterocycles. The van der Waals surface area contributed by atoms with Crippen molar-refractivity contribution >= 4 is 42.2 Å². The Kier molecular flexibility index (Phi) is 3.87. The summed E-state index contributed by atoms with van der Waals surface area (Å²) in [7, 11) is -7.10. The lowest BCUT2D eigenvalue weighted by atomic mass is 10.1. The SMILES string of the molecule is CCN1C(=O)c2cccc3c(S(=O)(=O)N[C@@H]4CCS(=O)(=O)C4)ccc1c23. The summed E-state index contributed by atoms with van der Waals surface area (Å²) in [5.74, 6) is -0.336. The highest BCUT2D eigenvalue weighted by molar-refractivity contribution is 7.92.